The number of hydrogen-bond acceptors (Lipinski definition) is 6. The van der Waals surface area contributed by atoms with E-state index in [2.05, 4.69) is 38.1 Å². The van der Waals surface area contributed by atoms with Crippen LogP contribution in [0.4, 0.5) is 0 Å². The van der Waals surface area contributed by atoms with E-state index in [1.807, 2.05) is 40.5 Å². The molecule has 0 saturated carbocycles. The Morgan fingerprint density at radius 1 is 1.06 bits per heavy atom. The number of thioether (sulfide) groups is 1. The third kappa shape index (κ3) is 5.48. The number of thiophene rings is 3. The maximum absolute atomic E-state index is 11.3. The van der Waals surface area contributed by atoms with Gasteiger partial charge in [-0.3, -0.25) is 4.79 Å². The zero-order valence-corrected chi connectivity index (χ0v) is 22.2. The summed E-state index contributed by atoms with van der Waals surface area (Å²) in [5.74, 6) is 1.78. The number of aldehydes is 1. The van der Waals surface area contributed by atoms with Crippen molar-refractivity contribution in [3.8, 4) is 20.2 Å². The van der Waals surface area contributed by atoms with Crippen molar-refractivity contribution in [1.82, 2.24) is 0 Å². The molecule has 0 spiro atoms. The molecule has 32 heavy (non-hydrogen) atoms. The van der Waals surface area contributed by atoms with Gasteiger partial charge in [-0.1, -0.05) is 39.2 Å². The van der Waals surface area contributed by atoms with Crippen molar-refractivity contribution in [3.63, 3.8) is 0 Å². The monoisotopic (exact) mass is 502 g/mol. The van der Waals surface area contributed by atoms with E-state index in [0.29, 0.717) is 12.5 Å². The van der Waals surface area contributed by atoms with Crippen molar-refractivity contribution >= 4 is 57.0 Å². The summed E-state index contributed by atoms with van der Waals surface area (Å²) in [4.78, 5) is 20.1. The van der Waals surface area contributed by atoms with Crippen molar-refractivity contribution in [2.75, 3.05) is 12.9 Å². The minimum atomic E-state index is 0.622. The Labute approximate surface area is 207 Å². The van der Waals surface area contributed by atoms with E-state index >= 15 is 0 Å². The van der Waals surface area contributed by atoms with Gasteiger partial charge in [-0.15, -0.1) is 45.8 Å². The van der Waals surface area contributed by atoms with Gasteiger partial charge in [0.15, 0.2) is 6.29 Å². The van der Waals surface area contributed by atoms with Crippen molar-refractivity contribution in [2.45, 2.75) is 52.6 Å². The van der Waals surface area contributed by atoms with Gasteiger partial charge in [0.25, 0.3) is 0 Å². The minimum Gasteiger partial charge on any atom is -0.379 e. The molecule has 3 aromatic rings. The van der Waals surface area contributed by atoms with Crippen LogP contribution in [0.3, 0.4) is 0 Å². The topological polar surface area (TPSA) is 26.3 Å². The summed E-state index contributed by atoms with van der Waals surface area (Å²) in [6.45, 7) is 5.21. The lowest BCUT2D eigenvalue weighted by atomic mass is 10.0. The molecule has 0 aromatic carbocycles. The Balaban J connectivity index is 1.77. The molecular weight excluding hydrogens is 473 g/mol. The Morgan fingerprint density at radius 3 is 2.62 bits per heavy atom. The molecule has 1 aliphatic rings. The molecule has 170 valence electrons. The second-order valence-corrected chi connectivity index (χ2v) is 12.7. The van der Waals surface area contributed by atoms with Crippen LogP contribution in [0.2, 0.25) is 0 Å². The summed E-state index contributed by atoms with van der Waals surface area (Å²) in [6, 6.07) is 8.76. The van der Waals surface area contributed by atoms with E-state index in [9.17, 15) is 4.79 Å². The van der Waals surface area contributed by atoms with Crippen LogP contribution in [0.25, 0.3) is 25.1 Å². The van der Waals surface area contributed by atoms with Gasteiger partial charge in [0.2, 0.25) is 0 Å². The highest BCUT2D eigenvalue weighted by molar-refractivity contribution is 8.08. The van der Waals surface area contributed by atoms with Crippen LogP contribution < -0.4 is 0 Å². The minimum absolute atomic E-state index is 0.622. The number of carbonyl (C=O) groups is 1. The van der Waals surface area contributed by atoms with Crippen LogP contribution in [0.15, 0.2) is 30.3 Å². The van der Waals surface area contributed by atoms with Gasteiger partial charge in [0.05, 0.1) is 16.4 Å². The summed E-state index contributed by atoms with van der Waals surface area (Å²) in [5, 5.41) is 0. The van der Waals surface area contributed by atoms with E-state index in [1.165, 1.54) is 66.1 Å². The summed E-state index contributed by atoms with van der Waals surface area (Å²) in [5.41, 5.74) is 2.71. The molecule has 1 atom stereocenters. The normalized spacial score (nSPS) is 16.0. The number of rotatable bonds is 11. The molecule has 0 saturated heterocycles. The van der Waals surface area contributed by atoms with Crippen molar-refractivity contribution in [3.05, 3.63) is 50.5 Å². The quantitative estimate of drug-likeness (QED) is 0.193. The van der Waals surface area contributed by atoms with Crippen molar-refractivity contribution < 1.29 is 9.53 Å². The zero-order chi connectivity index (χ0) is 22.5. The second-order valence-electron chi connectivity index (χ2n) is 8.30. The lowest BCUT2D eigenvalue weighted by Crippen LogP contribution is -1.86. The highest BCUT2D eigenvalue weighted by atomic mass is 32.2. The first-order valence-electron chi connectivity index (χ1n) is 11.3. The number of unbranched alkanes of at least 4 members (excludes halogenated alkanes) is 3. The van der Waals surface area contributed by atoms with Gasteiger partial charge < -0.3 is 4.74 Å². The van der Waals surface area contributed by atoms with Crippen molar-refractivity contribution in [2.24, 2.45) is 5.92 Å². The summed E-state index contributed by atoms with van der Waals surface area (Å²) in [7, 11) is 1.77. The van der Waals surface area contributed by atoms with E-state index in [-0.39, 0.29) is 0 Å². The van der Waals surface area contributed by atoms with Gasteiger partial charge in [-0.2, -0.15) is 0 Å². The fourth-order valence-corrected chi connectivity index (χ4v) is 8.71. The number of carbonyl (C=O) groups excluding carboxylic acids is 1. The molecule has 0 fully saturated rings. The Hall–Kier alpha value is -1.18. The summed E-state index contributed by atoms with van der Waals surface area (Å²) in [6.07, 6.45) is 9.54. The van der Waals surface area contributed by atoms with E-state index < -0.39 is 0 Å². The zero-order valence-electron chi connectivity index (χ0n) is 18.9. The standard InChI is InChI=1S/C26H30O2S4/c1-4-5-6-7-8-18-12-20(15-28-3)31-25(18)26-21(22-10-9-19(14-27)30-22)13-24(32-26)23-11-17(2)16-29-23/h9-14,17H,4-8,15-16H2,1-3H3. The second kappa shape index (κ2) is 11.3. The third-order valence-electron chi connectivity index (χ3n) is 5.57. The Kier molecular flexibility index (Phi) is 8.46. The van der Waals surface area contributed by atoms with Gasteiger partial charge in [-0.25, -0.2) is 0 Å². The van der Waals surface area contributed by atoms with Crippen LogP contribution >= 0.6 is 45.8 Å². The highest BCUT2D eigenvalue weighted by Crippen LogP contribution is 2.50. The third-order valence-corrected chi connectivity index (χ3v) is 10.6. The first-order chi connectivity index (χ1) is 15.6. The lowest BCUT2D eigenvalue weighted by Gasteiger charge is -2.05. The Bertz CT molecular complexity index is 1090. The van der Waals surface area contributed by atoms with Crippen LogP contribution in [-0.2, 0) is 17.8 Å². The van der Waals surface area contributed by atoms with Crippen molar-refractivity contribution in [1.29, 1.82) is 0 Å². The molecule has 0 N–H and O–H groups in total. The Morgan fingerprint density at radius 2 is 1.94 bits per heavy atom. The molecule has 4 rings (SSSR count). The molecular formula is C26H30O2S4. The number of hydrogen-bond donors (Lipinski definition) is 0. The van der Waals surface area contributed by atoms with Crippen LogP contribution in [0, 0.1) is 5.92 Å². The molecule has 0 radical (unpaired) electrons. The molecule has 0 amide bonds. The smallest absolute Gasteiger partial charge is 0.160 e. The van der Waals surface area contributed by atoms with Crippen LogP contribution in [0.1, 0.15) is 64.5 Å². The van der Waals surface area contributed by atoms with Crippen LogP contribution in [0.5, 0.6) is 0 Å². The van der Waals surface area contributed by atoms with Gasteiger partial charge in [0, 0.05) is 42.8 Å². The average Bonchev–Trinajstić information content (AvgIpc) is 3.56. The van der Waals surface area contributed by atoms with Gasteiger partial charge >= 0.3 is 0 Å². The molecule has 1 unspecified atom stereocenters. The number of ether oxygens (including phenoxy) is 1. The lowest BCUT2D eigenvalue weighted by molar-refractivity contribution is 0.112. The maximum atomic E-state index is 11.3. The van der Waals surface area contributed by atoms with E-state index in [1.54, 1.807) is 18.4 Å². The molecule has 0 bridgehead atoms. The van der Waals surface area contributed by atoms with E-state index in [0.717, 1.165) is 23.3 Å². The number of aryl methyl sites for hydroxylation is 1. The first-order valence-corrected chi connectivity index (χ1v) is 14.7. The summed E-state index contributed by atoms with van der Waals surface area (Å²) < 4.78 is 5.47. The maximum Gasteiger partial charge on any atom is 0.160 e. The molecule has 3 aromatic heterocycles. The predicted molar refractivity (Wildman–Crippen MR) is 144 cm³/mol. The van der Waals surface area contributed by atoms with E-state index in [4.69, 9.17) is 4.74 Å². The van der Waals surface area contributed by atoms with Gasteiger partial charge in [0.1, 0.15) is 0 Å². The number of allylic oxidation sites excluding steroid dienone is 1. The highest BCUT2D eigenvalue weighted by Gasteiger charge is 2.23. The van der Waals surface area contributed by atoms with Crippen LogP contribution in [-0.4, -0.2) is 19.1 Å². The SMILES string of the molecule is CCCCCCc1cc(COC)sc1-c1sc(C2=CC(C)CS2)cc1-c1ccc(C=O)s1. The molecule has 0 aliphatic carbocycles. The van der Waals surface area contributed by atoms with Gasteiger partial charge in [-0.05, 0) is 48.6 Å². The average molecular weight is 503 g/mol. The summed E-state index contributed by atoms with van der Waals surface area (Å²) >= 11 is 7.34. The molecule has 4 heterocycles. The molecule has 2 nitrogen and oxygen atoms in total. The largest absolute Gasteiger partial charge is 0.379 e. The number of methoxy groups -OCH3 is 1. The molecule has 6 heteroatoms. The fourth-order valence-electron chi connectivity index (χ4n) is 3.97. The first kappa shape index (κ1) is 24.0. The predicted octanol–water partition coefficient (Wildman–Crippen LogP) is 9.01. The fraction of sp³-hybridized carbons (Fsp3) is 0.423. The molecule has 1 aliphatic heterocycles.